The van der Waals surface area contributed by atoms with Crippen molar-refractivity contribution in [1.82, 2.24) is 9.97 Å². The van der Waals surface area contributed by atoms with Crippen LogP contribution in [0.3, 0.4) is 0 Å². The molecule has 0 saturated carbocycles. The highest BCUT2D eigenvalue weighted by Crippen LogP contribution is 2.30. The van der Waals surface area contributed by atoms with E-state index >= 15 is 0 Å². The highest BCUT2D eigenvalue weighted by Gasteiger charge is 2.25. The monoisotopic (exact) mass is 295 g/mol. The van der Waals surface area contributed by atoms with Crippen LogP contribution in [-0.4, -0.2) is 34.1 Å². The SMILES string of the molecule is Cc1c(NN)nc(C(C)(C)C)nc1N1CCSC(C)C1. The normalized spacial score (nSPS) is 20.1. The van der Waals surface area contributed by atoms with E-state index in [0.29, 0.717) is 5.25 Å². The van der Waals surface area contributed by atoms with Crippen LogP contribution in [0.5, 0.6) is 0 Å². The van der Waals surface area contributed by atoms with Gasteiger partial charge in [0.1, 0.15) is 17.5 Å². The maximum absolute atomic E-state index is 5.63. The summed E-state index contributed by atoms with van der Waals surface area (Å²) in [6, 6.07) is 0. The van der Waals surface area contributed by atoms with Crippen molar-refractivity contribution in [3.8, 4) is 0 Å². The molecule has 112 valence electrons. The molecule has 0 bridgehead atoms. The number of nitrogens with zero attached hydrogens (tertiary/aromatic N) is 3. The van der Waals surface area contributed by atoms with Crippen LogP contribution in [0.4, 0.5) is 11.6 Å². The van der Waals surface area contributed by atoms with E-state index in [4.69, 9.17) is 10.8 Å². The second-order valence-corrected chi connectivity index (χ2v) is 7.91. The van der Waals surface area contributed by atoms with E-state index < -0.39 is 0 Å². The van der Waals surface area contributed by atoms with Gasteiger partial charge in [0.25, 0.3) is 0 Å². The summed E-state index contributed by atoms with van der Waals surface area (Å²) in [4.78, 5) is 11.7. The Morgan fingerprint density at radius 3 is 2.60 bits per heavy atom. The molecule has 2 heterocycles. The molecule has 5 nitrogen and oxygen atoms in total. The van der Waals surface area contributed by atoms with Crippen molar-refractivity contribution in [2.24, 2.45) is 5.84 Å². The fourth-order valence-corrected chi connectivity index (χ4v) is 3.31. The molecule has 1 aliphatic rings. The van der Waals surface area contributed by atoms with Gasteiger partial charge in [-0.05, 0) is 6.92 Å². The number of anilines is 2. The Bertz CT molecular complexity index is 483. The van der Waals surface area contributed by atoms with Gasteiger partial charge < -0.3 is 10.3 Å². The van der Waals surface area contributed by atoms with Gasteiger partial charge in [-0.15, -0.1) is 0 Å². The molecule has 1 aliphatic heterocycles. The third-order valence-electron chi connectivity index (χ3n) is 3.47. The molecule has 2 rings (SSSR count). The lowest BCUT2D eigenvalue weighted by atomic mass is 9.95. The van der Waals surface area contributed by atoms with Gasteiger partial charge in [-0.2, -0.15) is 11.8 Å². The quantitative estimate of drug-likeness (QED) is 0.645. The van der Waals surface area contributed by atoms with Gasteiger partial charge in [0, 0.05) is 35.1 Å². The molecule has 0 amide bonds. The highest BCUT2D eigenvalue weighted by molar-refractivity contribution is 8.00. The first-order chi connectivity index (χ1) is 9.32. The summed E-state index contributed by atoms with van der Waals surface area (Å²) >= 11 is 2.02. The molecule has 3 N–H and O–H groups in total. The Hall–Kier alpha value is -1.01. The number of nitrogen functional groups attached to an aromatic ring is 1. The first-order valence-electron chi connectivity index (χ1n) is 7.05. The number of hydrazine groups is 1. The van der Waals surface area contributed by atoms with Crippen molar-refractivity contribution in [3.05, 3.63) is 11.4 Å². The Labute approximate surface area is 125 Å². The molecule has 1 aromatic rings. The standard InChI is InChI=1S/C14H25N5S/c1-9-8-19(6-7-20-9)12-10(2)11(18-15)16-13(17-12)14(3,4)5/h9H,6-8,15H2,1-5H3,(H,16,17,18). The van der Waals surface area contributed by atoms with Crippen LogP contribution in [0.25, 0.3) is 0 Å². The fourth-order valence-electron chi connectivity index (χ4n) is 2.30. The summed E-state index contributed by atoms with van der Waals surface area (Å²) in [7, 11) is 0. The van der Waals surface area contributed by atoms with Crippen LogP contribution in [0.2, 0.25) is 0 Å². The van der Waals surface area contributed by atoms with Gasteiger partial charge in [0.05, 0.1) is 0 Å². The van der Waals surface area contributed by atoms with E-state index in [1.165, 1.54) is 0 Å². The molecular weight excluding hydrogens is 270 g/mol. The first kappa shape index (κ1) is 15.4. The molecular formula is C14H25N5S. The van der Waals surface area contributed by atoms with Crippen molar-refractivity contribution in [1.29, 1.82) is 0 Å². The van der Waals surface area contributed by atoms with Gasteiger partial charge in [-0.25, -0.2) is 15.8 Å². The Morgan fingerprint density at radius 2 is 2.05 bits per heavy atom. The van der Waals surface area contributed by atoms with E-state index in [1.807, 2.05) is 18.7 Å². The van der Waals surface area contributed by atoms with Crippen LogP contribution in [-0.2, 0) is 5.41 Å². The predicted octanol–water partition coefficient (Wildman–Crippen LogP) is 2.31. The lowest BCUT2D eigenvalue weighted by Gasteiger charge is -2.33. The molecule has 1 atom stereocenters. The van der Waals surface area contributed by atoms with Gasteiger partial charge >= 0.3 is 0 Å². The fraction of sp³-hybridized carbons (Fsp3) is 0.714. The van der Waals surface area contributed by atoms with E-state index in [-0.39, 0.29) is 5.41 Å². The van der Waals surface area contributed by atoms with Crippen LogP contribution in [0, 0.1) is 6.92 Å². The zero-order chi connectivity index (χ0) is 14.9. The Balaban J connectivity index is 2.45. The number of thioether (sulfide) groups is 1. The van der Waals surface area contributed by atoms with Crippen LogP contribution >= 0.6 is 11.8 Å². The zero-order valence-corrected chi connectivity index (χ0v) is 13.8. The van der Waals surface area contributed by atoms with Gasteiger partial charge in [0.2, 0.25) is 0 Å². The summed E-state index contributed by atoms with van der Waals surface area (Å²) in [5.74, 6) is 9.34. The van der Waals surface area contributed by atoms with Gasteiger partial charge in [-0.3, -0.25) is 0 Å². The number of hydrogen-bond donors (Lipinski definition) is 2. The van der Waals surface area contributed by atoms with E-state index in [1.54, 1.807) is 0 Å². The first-order valence-corrected chi connectivity index (χ1v) is 8.10. The minimum atomic E-state index is -0.0931. The lowest BCUT2D eigenvalue weighted by Crippen LogP contribution is -2.38. The molecule has 0 radical (unpaired) electrons. The van der Waals surface area contributed by atoms with Crippen LogP contribution in [0.1, 0.15) is 39.1 Å². The van der Waals surface area contributed by atoms with Crippen molar-refractivity contribution < 1.29 is 0 Å². The summed E-state index contributed by atoms with van der Waals surface area (Å²) in [5, 5.41) is 0.630. The lowest BCUT2D eigenvalue weighted by molar-refractivity contribution is 0.543. The van der Waals surface area contributed by atoms with E-state index in [2.05, 4.69) is 43.0 Å². The second kappa shape index (κ2) is 5.77. The number of nitrogens with one attached hydrogen (secondary N) is 1. The Morgan fingerprint density at radius 1 is 1.35 bits per heavy atom. The molecule has 0 spiro atoms. The smallest absolute Gasteiger partial charge is 0.148 e. The maximum atomic E-state index is 5.63. The maximum Gasteiger partial charge on any atom is 0.148 e. The topological polar surface area (TPSA) is 67.1 Å². The molecule has 0 aliphatic carbocycles. The molecule has 6 heteroatoms. The second-order valence-electron chi connectivity index (χ2n) is 6.37. The van der Waals surface area contributed by atoms with Crippen molar-refractivity contribution >= 4 is 23.4 Å². The summed E-state index contributed by atoms with van der Waals surface area (Å²) in [6.45, 7) is 12.7. The van der Waals surface area contributed by atoms with E-state index in [0.717, 1.165) is 41.9 Å². The summed E-state index contributed by atoms with van der Waals surface area (Å²) < 4.78 is 0. The summed E-state index contributed by atoms with van der Waals surface area (Å²) in [5.41, 5.74) is 3.65. The highest BCUT2D eigenvalue weighted by atomic mass is 32.2. The third-order valence-corrected chi connectivity index (χ3v) is 4.60. The molecule has 20 heavy (non-hydrogen) atoms. The molecule has 0 aromatic carbocycles. The average Bonchev–Trinajstić information content (AvgIpc) is 2.37. The minimum Gasteiger partial charge on any atom is -0.354 e. The van der Waals surface area contributed by atoms with Crippen LogP contribution < -0.4 is 16.2 Å². The van der Waals surface area contributed by atoms with Gasteiger partial charge in [0.15, 0.2) is 0 Å². The average molecular weight is 295 g/mol. The number of hydrogen-bond acceptors (Lipinski definition) is 6. The number of aromatic nitrogens is 2. The van der Waals surface area contributed by atoms with Gasteiger partial charge in [-0.1, -0.05) is 27.7 Å². The number of nitrogens with two attached hydrogens (primary N) is 1. The summed E-state index contributed by atoms with van der Waals surface area (Å²) in [6.07, 6.45) is 0. The van der Waals surface area contributed by atoms with E-state index in [9.17, 15) is 0 Å². The molecule has 1 aromatic heterocycles. The largest absolute Gasteiger partial charge is 0.354 e. The predicted molar refractivity (Wildman–Crippen MR) is 87.4 cm³/mol. The van der Waals surface area contributed by atoms with Crippen molar-refractivity contribution in [2.45, 2.75) is 45.3 Å². The molecule has 1 fully saturated rings. The Kier molecular flexibility index (Phi) is 4.44. The molecule has 1 unspecified atom stereocenters. The third kappa shape index (κ3) is 3.17. The van der Waals surface area contributed by atoms with Crippen LogP contribution in [0.15, 0.2) is 0 Å². The van der Waals surface area contributed by atoms with Crippen molar-refractivity contribution in [3.63, 3.8) is 0 Å². The minimum absolute atomic E-state index is 0.0931. The zero-order valence-electron chi connectivity index (χ0n) is 13.0. The number of rotatable bonds is 2. The van der Waals surface area contributed by atoms with Crippen molar-refractivity contribution in [2.75, 3.05) is 29.2 Å². The molecule has 1 saturated heterocycles.